The molecule has 12 N–H and O–H groups in total. The lowest BCUT2D eigenvalue weighted by Gasteiger charge is -2.72. The standard InChI is InChI=1S/C65H100O27/c1-14-27(3)54(80)87-46-29(5)82-58(45(77)48(46)88-55(81)28(4)15-2)92-51-52(83-30(6)69)65(26-68)32(22-60(51,7)8)31-16-17-36-62(11)20-19-38(61(9,10)35(62)18-21-63(36,12)64(31,13)23-37(65)70)86-59-50(91-57-43(75)41(73)39(71)33(24-66)84-57)47(44(76)49(90-59)53(78)79)89-56-42(74)40(72)34(25-67)85-56/h14-16,29,32-52,56-59,66-68,70-77H,17-26H2,1-13H3,(H,78,79)/t29?,32?,33?,34-,35?,36?,37+,38-,39-,40?,41?,42-,43-,44-,45-,46-,47?,48?,49?,50-,51-,52-,56-,57-,58-,59+,62-,63+,64+,65-/m0/s1. The maximum absolute atomic E-state index is 13.5. The molecule has 4 saturated carbocycles. The van der Waals surface area contributed by atoms with E-state index in [1.165, 1.54) is 19.9 Å². The first-order chi connectivity index (χ1) is 43.0. The van der Waals surface area contributed by atoms with Gasteiger partial charge in [0.1, 0.15) is 79.4 Å². The molecule has 27 nitrogen and oxygen atoms in total. The number of aliphatic carboxylic acids is 1. The highest BCUT2D eigenvalue weighted by Crippen LogP contribution is 2.76. The van der Waals surface area contributed by atoms with Crippen LogP contribution in [0.2, 0.25) is 0 Å². The zero-order valence-corrected chi connectivity index (χ0v) is 54.8. The number of fused-ring (bicyclic) bond motifs is 7. The summed E-state index contributed by atoms with van der Waals surface area (Å²) in [6.45, 7) is 21.5. The highest BCUT2D eigenvalue weighted by atomic mass is 16.8. The van der Waals surface area contributed by atoms with Crippen LogP contribution in [0, 0.1) is 50.2 Å². The number of carbonyl (C=O) groups is 4. The van der Waals surface area contributed by atoms with Crippen molar-refractivity contribution < 1.29 is 133 Å². The average molecular weight is 1310 g/mol. The molecular weight excluding hydrogens is 1210 g/mol. The van der Waals surface area contributed by atoms with E-state index in [2.05, 4.69) is 26.8 Å². The van der Waals surface area contributed by atoms with Crippen LogP contribution < -0.4 is 0 Å². The molecule has 27 heteroatoms. The monoisotopic (exact) mass is 1310 g/mol. The van der Waals surface area contributed by atoms with Crippen LogP contribution in [0.5, 0.6) is 0 Å². The Hall–Kier alpha value is -3.66. The first-order valence-electron chi connectivity index (χ1n) is 32.3. The topological polar surface area (TPSA) is 413 Å². The first kappa shape index (κ1) is 72.6. The molecule has 522 valence electrons. The van der Waals surface area contributed by atoms with Crippen molar-refractivity contribution in [2.75, 3.05) is 19.8 Å². The van der Waals surface area contributed by atoms with Crippen LogP contribution in [0.3, 0.4) is 0 Å². The van der Waals surface area contributed by atoms with Crippen LogP contribution in [0.4, 0.5) is 0 Å². The molecule has 30 atom stereocenters. The molecule has 5 aliphatic carbocycles. The van der Waals surface area contributed by atoms with Gasteiger partial charge in [-0.2, -0.15) is 0 Å². The number of rotatable bonds is 17. The Bertz CT molecular complexity index is 2790. The molecule has 4 aliphatic heterocycles. The molecule has 0 aromatic rings. The summed E-state index contributed by atoms with van der Waals surface area (Å²) < 4.78 is 67.8. The van der Waals surface area contributed by atoms with Crippen LogP contribution in [0.1, 0.15) is 135 Å². The molecule has 9 aliphatic rings. The van der Waals surface area contributed by atoms with Crippen LogP contribution in [-0.2, 0) is 71.3 Å². The van der Waals surface area contributed by atoms with Crippen LogP contribution in [-0.4, -0.2) is 246 Å². The second-order valence-electron chi connectivity index (χ2n) is 29.3. The van der Waals surface area contributed by atoms with Crippen LogP contribution >= 0.6 is 0 Å². The number of carboxylic acids is 1. The Morgan fingerprint density at radius 1 is 0.587 bits per heavy atom. The molecule has 8 fully saturated rings. The van der Waals surface area contributed by atoms with Gasteiger partial charge in [-0.25, -0.2) is 14.4 Å². The van der Waals surface area contributed by atoms with Crippen molar-refractivity contribution in [1.82, 2.24) is 0 Å². The normalized spacial score (nSPS) is 48.4. The number of hydrogen-bond donors (Lipinski definition) is 12. The SMILES string of the molecule is CC=C(C)C(=O)OC1[C@@H](OC(=O)C(C)=CC)C(C)O[C@@H](O[C@H]2[C@H](OC(C)=O)[C@@]3(CO)C(CC2(C)C)C2=CCC4[C@@]5(C)CC[C@H](O[C@@H]6OC(C(=O)O)[C@@H](O)C(O[C@@H]7O[C@@H](CO)C(O)[C@@H]7O)[C@@H]6O[C@@H]6OC(CO)[C@H](O)C(O)[C@@H]6O)C(C)(C)C5CC[C@@]4(C)[C@]2(C)C[C@H]3O)[C@H]1O. The molecule has 4 saturated heterocycles. The van der Waals surface area contributed by atoms with Gasteiger partial charge in [0.05, 0.1) is 43.5 Å². The second kappa shape index (κ2) is 27.0. The van der Waals surface area contributed by atoms with Gasteiger partial charge >= 0.3 is 23.9 Å². The summed E-state index contributed by atoms with van der Waals surface area (Å²) >= 11 is 0. The predicted octanol–water partition coefficient (Wildman–Crippen LogP) is 0.715. The van der Waals surface area contributed by atoms with Gasteiger partial charge in [-0.05, 0) is 124 Å². The molecule has 4 heterocycles. The minimum atomic E-state index is -2.13. The molecule has 92 heavy (non-hydrogen) atoms. The number of carboxylic acid groups (broad SMARTS) is 1. The summed E-state index contributed by atoms with van der Waals surface area (Å²) in [6, 6.07) is 0. The fraction of sp³-hybridized carbons (Fsp3) is 0.846. The number of carbonyl (C=O) groups excluding carboxylic acids is 3. The zero-order valence-electron chi connectivity index (χ0n) is 54.8. The smallest absolute Gasteiger partial charge is 0.335 e. The Labute approximate surface area is 535 Å². The molecule has 0 radical (unpaired) electrons. The van der Waals surface area contributed by atoms with Gasteiger partial charge in [0.15, 0.2) is 43.5 Å². The summed E-state index contributed by atoms with van der Waals surface area (Å²) in [7, 11) is 0. The Kier molecular flexibility index (Phi) is 21.3. The molecule has 10 unspecified atom stereocenters. The number of allylic oxidation sites excluding steroid dienone is 4. The van der Waals surface area contributed by atoms with Gasteiger partial charge in [-0.3, -0.25) is 4.79 Å². The Balaban J connectivity index is 1.01. The van der Waals surface area contributed by atoms with Gasteiger partial charge in [-0.1, -0.05) is 72.3 Å². The first-order valence-corrected chi connectivity index (χ1v) is 32.3. The van der Waals surface area contributed by atoms with Crippen LogP contribution in [0.15, 0.2) is 34.9 Å². The molecule has 0 amide bonds. The fourth-order valence-corrected chi connectivity index (χ4v) is 17.9. The number of aliphatic hydroxyl groups is 11. The van der Waals surface area contributed by atoms with E-state index in [9.17, 15) is 80.5 Å². The van der Waals surface area contributed by atoms with Crippen LogP contribution in [0.25, 0.3) is 0 Å². The van der Waals surface area contributed by atoms with E-state index in [1.54, 1.807) is 33.8 Å². The summed E-state index contributed by atoms with van der Waals surface area (Å²) in [6.07, 6.45) is -28.8. The minimum absolute atomic E-state index is 0.0439. The fourth-order valence-electron chi connectivity index (χ4n) is 17.9. The average Bonchev–Trinajstić information content (AvgIpc) is 0.719. The number of hydrogen-bond acceptors (Lipinski definition) is 26. The third-order valence-electron chi connectivity index (χ3n) is 23.6. The van der Waals surface area contributed by atoms with Crippen molar-refractivity contribution in [2.45, 2.75) is 276 Å². The van der Waals surface area contributed by atoms with Gasteiger partial charge in [0, 0.05) is 18.1 Å². The van der Waals surface area contributed by atoms with Crippen molar-refractivity contribution in [3.8, 4) is 0 Å². The second-order valence-corrected chi connectivity index (χ2v) is 29.3. The van der Waals surface area contributed by atoms with E-state index in [4.69, 9.17) is 52.1 Å². The van der Waals surface area contributed by atoms with Gasteiger partial charge in [0.25, 0.3) is 0 Å². The van der Waals surface area contributed by atoms with E-state index < -0.39 is 223 Å². The van der Waals surface area contributed by atoms with Crippen molar-refractivity contribution in [1.29, 1.82) is 0 Å². The maximum atomic E-state index is 13.5. The van der Waals surface area contributed by atoms with Crippen molar-refractivity contribution >= 4 is 23.9 Å². The largest absolute Gasteiger partial charge is 0.479 e. The lowest BCUT2D eigenvalue weighted by Crippen LogP contribution is -2.73. The summed E-state index contributed by atoms with van der Waals surface area (Å²) in [5, 5.41) is 134. The highest BCUT2D eigenvalue weighted by molar-refractivity contribution is 5.88. The highest BCUT2D eigenvalue weighted by Gasteiger charge is 2.74. The molecular formula is C65H100O27. The lowest BCUT2D eigenvalue weighted by molar-refractivity contribution is -0.386. The maximum Gasteiger partial charge on any atom is 0.335 e. The van der Waals surface area contributed by atoms with Gasteiger partial charge in [0.2, 0.25) is 0 Å². The van der Waals surface area contributed by atoms with E-state index in [0.29, 0.717) is 32.1 Å². The zero-order chi connectivity index (χ0) is 68.0. The number of esters is 3. The van der Waals surface area contributed by atoms with E-state index >= 15 is 0 Å². The summed E-state index contributed by atoms with van der Waals surface area (Å²) in [5.41, 5.74) is -3.55. The lowest BCUT2D eigenvalue weighted by atomic mass is 9.33. The van der Waals surface area contributed by atoms with Crippen molar-refractivity contribution in [2.24, 2.45) is 50.2 Å². The third-order valence-corrected chi connectivity index (χ3v) is 23.6. The number of aliphatic hydroxyl groups excluding tert-OH is 11. The molecule has 0 aromatic carbocycles. The van der Waals surface area contributed by atoms with E-state index in [1.807, 2.05) is 27.7 Å². The minimum Gasteiger partial charge on any atom is -0.479 e. The van der Waals surface area contributed by atoms with Gasteiger partial charge in [-0.15, -0.1) is 0 Å². The Morgan fingerprint density at radius 2 is 1.14 bits per heavy atom. The number of ether oxygens (including phenoxy) is 11. The molecule has 0 bridgehead atoms. The van der Waals surface area contributed by atoms with Crippen molar-refractivity contribution in [3.05, 3.63) is 34.9 Å². The quantitative estimate of drug-likeness (QED) is 0.0314. The van der Waals surface area contributed by atoms with Crippen molar-refractivity contribution in [3.63, 3.8) is 0 Å². The third kappa shape index (κ3) is 12.2. The predicted molar refractivity (Wildman–Crippen MR) is 316 cm³/mol. The molecule has 9 rings (SSSR count). The van der Waals surface area contributed by atoms with Gasteiger partial charge < -0.3 is 113 Å². The van der Waals surface area contributed by atoms with E-state index in [-0.39, 0.29) is 35.8 Å². The summed E-state index contributed by atoms with van der Waals surface area (Å²) in [4.78, 5) is 53.0. The molecule has 0 aromatic heterocycles. The molecule has 0 spiro atoms. The van der Waals surface area contributed by atoms with E-state index in [0.717, 1.165) is 5.57 Å². The Morgan fingerprint density at radius 3 is 1.70 bits per heavy atom. The summed E-state index contributed by atoms with van der Waals surface area (Å²) in [5.74, 6) is -4.65.